The van der Waals surface area contributed by atoms with Gasteiger partial charge in [0.2, 0.25) is 0 Å². The number of urea groups is 1. The largest absolute Gasteiger partial charge is 0.386 e. The number of carbonyl (C=O) groups excluding carboxylic acids is 1. The third kappa shape index (κ3) is 4.28. The standard InChI is InChI=1S/C19H22FN3O2/c20-15-8-2-1-7-14(15)18(24)13-21-19(25)22-16-9-3-4-10-17(16)23-11-5-6-12-23/h1-4,7-10,18,24H,5-6,11-13H2,(H2,21,22,25). The molecular formula is C19H22FN3O2. The van der Waals surface area contributed by atoms with Crippen LogP contribution in [0.15, 0.2) is 48.5 Å². The zero-order chi connectivity index (χ0) is 17.6. The number of carbonyl (C=O) groups is 1. The second kappa shape index (κ2) is 7.98. The molecule has 2 amide bonds. The summed E-state index contributed by atoms with van der Waals surface area (Å²) < 4.78 is 13.6. The SMILES string of the molecule is O=C(NCC(O)c1ccccc1F)Nc1ccccc1N1CCCC1. The Labute approximate surface area is 146 Å². The minimum absolute atomic E-state index is 0.0708. The smallest absolute Gasteiger partial charge is 0.319 e. The number of hydrogen-bond acceptors (Lipinski definition) is 3. The van der Waals surface area contributed by atoms with Gasteiger partial charge in [-0.3, -0.25) is 0 Å². The van der Waals surface area contributed by atoms with Gasteiger partial charge in [-0.15, -0.1) is 0 Å². The lowest BCUT2D eigenvalue weighted by Gasteiger charge is -2.21. The summed E-state index contributed by atoms with van der Waals surface area (Å²) >= 11 is 0. The van der Waals surface area contributed by atoms with Crippen molar-refractivity contribution >= 4 is 17.4 Å². The summed E-state index contributed by atoms with van der Waals surface area (Å²) in [7, 11) is 0. The van der Waals surface area contributed by atoms with Crippen molar-refractivity contribution in [3.8, 4) is 0 Å². The molecule has 1 aliphatic rings. The molecular weight excluding hydrogens is 321 g/mol. The van der Waals surface area contributed by atoms with E-state index in [0.717, 1.165) is 37.3 Å². The van der Waals surface area contributed by atoms with Gasteiger partial charge in [0.05, 0.1) is 17.5 Å². The van der Waals surface area contributed by atoms with Gasteiger partial charge in [-0.05, 0) is 31.0 Å². The molecule has 0 aliphatic carbocycles. The van der Waals surface area contributed by atoms with Crippen LogP contribution in [-0.2, 0) is 0 Å². The first-order valence-electron chi connectivity index (χ1n) is 8.46. The summed E-state index contributed by atoms with van der Waals surface area (Å²) in [6.07, 6.45) is 1.20. The van der Waals surface area contributed by atoms with Gasteiger partial charge in [-0.1, -0.05) is 30.3 Å². The van der Waals surface area contributed by atoms with Crippen molar-refractivity contribution in [2.24, 2.45) is 0 Å². The van der Waals surface area contributed by atoms with Crippen molar-refractivity contribution in [3.63, 3.8) is 0 Å². The molecule has 3 N–H and O–H groups in total. The number of anilines is 2. The molecule has 0 aromatic heterocycles. The highest BCUT2D eigenvalue weighted by molar-refractivity contribution is 5.93. The molecule has 2 aromatic carbocycles. The molecule has 0 radical (unpaired) electrons. The molecule has 0 spiro atoms. The van der Waals surface area contributed by atoms with Gasteiger partial charge in [0, 0.05) is 25.2 Å². The van der Waals surface area contributed by atoms with Gasteiger partial charge in [0.1, 0.15) is 5.82 Å². The van der Waals surface area contributed by atoms with Crippen LogP contribution in [0.25, 0.3) is 0 Å². The summed E-state index contributed by atoms with van der Waals surface area (Å²) in [5, 5.41) is 15.5. The third-order valence-corrected chi connectivity index (χ3v) is 4.32. The number of benzene rings is 2. The lowest BCUT2D eigenvalue weighted by molar-refractivity contribution is 0.170. The van der Waals surface area contributed by atoms with Crippen LogP contribution in [0.3, 0.4) is 0 Å². The highest BCUT2D eigenvalue weighted by atomic mass is 19.1. The number of para-hydroxylation sites is 2. The number of hydrogen-bond donors (Lipinski definition) is 3. The second-order valence-electron chi connectivity index (χ2n) is 6.08. The first kappa shape index (κ1) is 17.2. The van der Waals surface area contributed by atoms with E-state index in [0.29, 0.717) is 0 Å². The number of aliphatic hydroxyl groups excluding tert-OH is 1. The maximum atomic E-state index is 13.6. The molecule has 2 aromatic rings. The molecule has 0 bridgehead atoms. The van der Waals surface area contributed by atoms with Crippen molar-refractivity contribution in [1.82, 2.24) is 5.32 Å². The molecule has 1 heterocycles. The topological polar surface area (TPSA) is 64.6 Å². The predicted octanol–water partition coefficient (Wildman–Crippen LogP) is 3.28. The molecule has 1 aliphatic heterocycles. The van der Waals surface area contributed by atoms with Crippen LogP contribution in [-0.4, -0.2) is 30.8 Å². The number of nitrogens with zero attached hydrogens (tertiary/aromatic N) is 1. The molecule has 5 nitrogen and oxygen atoms in total. The van der Waals surface area contributed by atoms with Crippen molar-refractivity contribution < 1.29 is 14.3 Å². The van der Waals surface area contributed by atoms with Crippen LogP contribution in [0, 0.1) is 5.82 Å². The van der Waals surface area contributed by atoms with Gasteiger partial charge in [0.25, 0.3) is 0 Å². The Morgan fingerprint density at radius 2 is 1.80 bits per heavy atom. The first-order chi connectivity index (χ1) is 12.1. The van der Waals surface area contributed by atoms with Gasteiger partial charge in [0.15, 0.2) is 0 Å². The number of rotatable bonds is 5. The van der Waals surface area contributed by atoms with Crippen molar-refractivity contribution in [3.05, 3.63) is 59.9 Å². The quantitative estimate of drug-likeness (QED) is 0.781. The number of halogens is 1. The molecule has 1 atom stereocenters. The molecule has 0 saturated carbocycles. The number of aliphatic hydroxyl groups is 1. The first-order valence-corrected chi connectivity index (χ1v) is 8.46. The predicted molar refractivity (Wildman–Crippen MR) is 96.3 cm³/mol. The van der Waals surface area contributed by atoms with Crippen LogP contribution in [0.5, 0.6) is 0 Å². The molecule has 6 heteroatoms. The van der Waals surface area contributed by atoms with Crippen LogP contribution in [0.4, 0.5) is 20.6 Å². The molecule has 1 fully saturated rings. The number of amides is 2. The van der Waals surface area contributed by atoms with E-state index in [1.54, 1.807) is 12.1 Å². The minimum atomic E-state index is -1.10. The number of nitrogens with one attached hydrogen (secondary N) is 2. The maximum Gasteiger partial charge on any atom is 0.319 e. The Balaban J connectivity index is 1.59. The van der Waals surface area contributed by atoms with Gasteiger partial charge in [-0.25, -0.2) is 9.18 Å². The molecule has 25 heavy (non-hydrogen) atoms. The Bertz CT molecular complexity index is 732. The average Bonchev–Trinajstić information content (AvgIpc) is 3.15. The highest BCUT2D eigenvalue weighted by Gasteiger charge is 2.17. The van der Waals surface area contributed by atoms with E-state index >= 15 is 0 Å². The normalized spacial score (nSPS) is 15.0. The van der Waals surface area contributed by atoms with E-state index in [4.69, 9.17) is 0 Å². The fourth-order valence-corrected chi connectivity index (χ4v) is 3.02. The summed E-state index contributed by atoms with van der Waals surface area (Å²) in [6, 6.07) is 13.2. The van der Waals surface area contributed by atoms with E-state index < -0.39 is 18.0 Å². The van der Waals surface area contributed by atoms with Gasteiger partial charge >= 0.3 is 6.03 Å². The minimum Gasteiger partial charge on any atom is -0.386 e. The monoisotopic (exact) mass is 343 g/mol. The zero-order valence-corrected chi connectivity index (χ0v) is 13.9. The van der Waals surface area contributed by atoms with Crippen molar-refractivity contribution in [2.75, 3.05) is 29.9 Å². The average molecular weight is 343 g/mol. The van der Waals surface area contributed by atoms with E-state index in [2.05, 4.69) is 15.5 Å². The van der Waals surface area contributed by atoms with Gasteiger partial charge < -0.3 is 20.6 Å². The highest BCUT2D eigenvalue weighted by Crippen LogP contribution is 2.28. The summed E-state index contributed by atoms with van der Waals surface area (Å²) in [5.41, 5.74) is 1.88. The van der Waals surface area contributed by atoms with Crippen LogP contribution in [0.2, 0.25) is 0 Å². The van der Waals surface area contributed by atoms with E-state index in [-0.39, 0.29) is 12.1 Å². The molecule has 132 valence electrons. The van der Waals surface area contributed by atoms with Crippen molar-refractivity contribution in [2.45, 2.75) is 18.9 Å². The second-order valence-corrected chi connectivity index (χ2v) is 6.08. The Morgan fingerprint density at radius 1 is 1.12 bits per heavy atom. The van der Waals surface area contributed by atoms with Crippen molar-refractivity contribution in [1.29, 1.82) is 0 Å². The Morgan fingerprint density at radius 3 is 2.56 bits per heavy atom. The molecule has 3 rings (SSSR count). The Hall–Kier alpha value is -2.60. The van der Waals surface area contributed by atoms with Crippen LogP contribution >= 0.6 is 0 Å². The maximum absolute atomic E-state index is 13.6. The zero-order valence-electron chi connectivity index (χ0n) is 13.9. The lowest BCUT2D eigenvalue weighted by atomic mass is 10.1. The molecule has 1 unspecified atom stereocenters. The van der Waals surface area contributed by atoms with Crippen LogP contribution in [0.1, 0.15) is 24.5 Å². The summed E-state index contributed by atoms with van der Waals surface area (Å²) in [5.74, 6) is -0.489. The lowest BCUT2D eigenvalue weighted by Crippen LogP contribution is -2.33. The van der Waals surface area contributed by atoms with Crippen LogP contribution < -0.4 is 15.5 Å². The fourth-order valence-electron chi connectivity index (χ4n) is 3.02. The fraction of sp³-hybridized carbons (Fsp3) is 0.316. The Kier molecular flexibility index (Phi) is 5.50. The summed E-state index contributed by atoms with van der Waals surface area (Å²) in [4.78, 5) is 14.4. The van der Waals surface area contributed by atoms with E-state index in [1.165, 1.54) is 12.1 Å². The van der Waals surface area contributed by atoms with E-state index in [1.807, 2.05) is 24.3 Å². The third-order valence-electron chi connectivity index (χ3n) is 4.32. The summed E-state index contributed by atoms with van der Waals surface area (Å²) in [6.45, 7) is 1.89. The molecule has 1 saturated heterocycles. The van der Waals surface area contributed by atoms with Gasteiger partial charge in [-0.2, -0.15) is 0 Å². The van der Waals surface area contributed by atoms with E-state index in [9.17, 15) is 14.3 Å².